The summed E-state index contributed by atoms with van der Waals surface area (Å²) in [4.78, 5) is 24.2. The lowest BCUT2D eigenvalue weighted by molar-refractivity contribution is -0.120. The summed E-state index contributed by atoms with van der Waals surface area (Å²) < 4.78 is 16.0. The second kappa shape index (κ2) is 8.93. The Bertz CT molecular complexity index is 822. The summed E-state index contributed by atoms with van der Waals surface area (Å²) in [6.45, 7) is 2.92. The Morgan fingerprint density at radius 3 is 2.74 bits per heavy atom. The molecule has 0 radical (unpaired) electrons. The minimum Gasteiger partial charge on any atom is -0.493 e. The molecule has 2 amide bonds. The Kier molecular flexibility index (Phi) is 6.14. The van der Waals surface area contributed by atoms with Gasteiger partial charge in [0.15, 0.2) is 11.5 Å². The molecule has 0 unspecified atom stereocenters. The van der Waals surface area contributed by atoms with Gasteiger partial charge in [0, 0.05) is 6.54 Å². The van der Waals surface area contributed by atoms with Gasteiger partial charge in [0.25, 0.3) is 5.91 Å². The van der Waals surface area contributed by atoms with E-state index in [0.29, 0.717) is 30.9 Å². The van der Waals surface area contributed by atoms with Gasteiger partial charge in [0.1, 0.15) is 5.75 Å². The van der Waals surface area contributed by atoms with Crippen LogP contribution < -0.4 is 24.8 Å². The summed E-state index contributed by atoms with van der Waals surface area (Å²) in [7, 11) is 0. The highest BCUT2D eigenvalue weighted by molar-refractivity contribution is 5.98. The van der Waals surface area contributed by atoms with Crippen LogP contribution in [0.4, 0.5) is 0 Å². The molecule has 0 aromatic heterocycles. The molecular weight excluding hydrogens is 348 g/mol. The number of ether oxygens (including phenoxy) is 3. The van der Waals surface area contributed by atoms with Crippen LogP contribution in [-0.2, 0) is 11.2 Å². The third kappa shape index (κ3) is 4.91. The summed E-state index contributed by atoms with van der Waals surface area (Å²) in [6.07, 6.45) is 0.656. The first kappa shape index (κ1) is 18.6. The first-order valence-corrected chi connectivity index (χ1v) is 8.82. The number of nitrogens with one attached hydrogen (secondary N) is 2. The van der Waals surface area contributed by atoms with Crippen molar-refractivity contribution in [2.75, 3.05) is 26.5 Å². The SMILES string of the molecule is CCOc1ccccc1C(=O)NCC(=O)NCCc1ccc2c(c1)OCO2. The lowest BCUT2D eigenvalue weighted by atomic mass is 10.1. The van der Waals surface area contributed by atoms with Gasteiger partial charge in [-0.3, -0.25) is 9.59 Å². The predicted molar refractivity (Wildman–Crippen MR) is 99.2 cm³/mol. The van der Waals surface area contributed by atoms with E-state index in [1.165, 1.54) is 0 Å². The quantitative estimate of drug-likeness (QED) is 0.741. The number of carbonyl (C=O) groups excluding carboxylic acids is 2. The summed E-state index contributed by atoms with van der Waals surface area (Å²) in [5, 5.41) is 5.40. The van der Waals surface area contributed by atoms with Gasteiger partial charge in [-0.25, -0.2) is 0 Å². The normalized spacial score (nSPS) is 11.7. The van der Waals surface area contributed by atoms with Gasteiger partial charge in [-0.1, -0.05) is 18.2 Å². The van der Waals surface area contributed by atoms with E-state index in [9.17, 15) is 9.59 Å². The van der Waals surface area contributed by atoms with Crippen molar-refractivity contribution in [3.05, 3.63) is 53.6 Å². The highest BCUT2D eigenvalue weighted by Crippen LogP contribution is 2.32. The minimum atomic E-state index is -0.343. The smallest absolute Gasteiger partial charge is 0.255 e. The van der Waals surface area contributed by atoms with Gasteiger partial charge in [-0.05, 0) is 43.2 Å². The molecule has 0 saturated heterocycles. The van der Waals surface area contributed by atoms with E-state index in [0.717, 1.165) is 17.1 Å². The predicted octanol–water partition coefficient (Wildman–Crippen LogP) is 1.90. The van der Waals surface area contributed by atoms with Crippen molar-refractivity contribution in [3.8, 4) is 17.2 Å². The Balaban J connectivity index is 1.42. The van der Waals surface area contributed by atoms with E-state index in [-0.39, 0.29) is 25.2 Å². The molecule has 142 valence electrons. The van der Waals surface area contributed by atoms with Gasteiger partial charge in [0.2, 0.25) is 12.7 Å². The molecular formula is C20H22N2O5. The maximum Gasteiger partial charge on any atom is 0.255 e. The van der Waals surface area contributed by atoms with Gasteiger partial charge >= 0.3 is 0 Å². The molecule has 0 fully saturated rings. The van der Waals surface area contributed by atoms with E-state index in [2.05, 4.69) is 10.6 Å². The van der Waals surface area contributed by atoms with Crippen LogP contribution in [0.1, 0.15) is 22.8 Å². The average molecular weight is 370 g/mol. The number of para-hydroxylation sites is 1. The summed E-state index contributed by atoms with van der Waals surface area (Å²) in [6, 6.07) is 12.6. The Morgan fingerprint density at radius 2 is 1.89 bits per heavy atom. The van der Waals surface area contributed by atoms with Gasteiger partial charge in [-0.15, -0.1) is 0 Å². The second-order valence-corrected chi connectivity index (χ2v) is 5.90. The van der Waals surface area contributed by atoms with Crippen molar-refractivity contribution in [1.29, 1.82) is 0 Å². The highest BCUT2D eigenvalue weighted by atomic mass is 16.7. The molecule has 1 aliphatic heterocycles. The van der Waals surface area contributed by atoms with Crippen LogP contribution in [0.3, 0.4) is 0 Å². The lowest BCUT2D eigenvalue weighted by Crippen LogP contribution is -2.37. The number of hydrogen-bond donors (Lipinski definition) is 2. The van der Waals surface area contributed by atoms with Crippen LogP contribution in [-0.4, -0.2) is 38.3 Å². The molecule has 0 aliphatic carbocycles. The number of fused-ring (bicyclic) bond motifs is 1. The third-order valence-electron chi connectivity index (χ3n) is 4.01. The van der Waals surface area contributed by atoms with E-state index < -0.39 is 0 Å². The molecule has 1 aliphatic rings. The maximum atomic E-state index is 12.3. The standard InChI is InChI=1S/C20H22N2O5/c1-2-25-16-6-4-3-5-15(16)20(24)22-12-19(23)21-10-9-14-7-8-17-18(11-14)27-13-26-17/h3-8,11H,2,9-10,12-13H2,1H3,(H,21,23)(H,22,24). The van der Waals surface area contributed by atoms with Crippen LogP contribution in [0, 0.1) is 0 Å². The van der Waals surface area contributed by atoms with Crippen LogP contribution in [0.5, 0.6) is 17.2 Å². The molecule has 27 heavy (non-hydrogen) atoms. The van der Waals surface area contributed by atoms with E-state index in [4.69, 9.17) is 14.2 Å². The molecule has 7 heteroatoms. The van der Waals surface area contributed by atoms with E-state index in [1.807, 2.05) is 25.1 Å². The Hall–Kier alpha value is -3.22. The topological polar surface area (TPSA) is 85.9 Å². The molecule has 7 nitrogen and oxygen atoms in total. The molecule has 0 bridgehead atoms. The summed E-state index contributed by atoms with van der Waals surface area (Å²) >= 11 is 0. The molecule has 0 atom stereocenters. The minimum absolute atomic E-state index is 0.0968. The van der Waals surface area contributed by atoms with Crippen molar-refractivity contribution < 1.29 is 23.8 Å². The van der Waals surface area contributed by atoms with Crippen LogP contribution in [0.25, 0.3) is 0 Å². The third-order valence-corrected chi connectivity index (χ3v) is 4.01. The molecule has 2 aromatic carbocycles. The zero-order valence-corrected chi connectivity index (χ0v) is 15.1. The van der Waals surface area contributed by atoms with Crippen molar-refractivity contribution in [2.45, 2.75) is 13.3 Å². The van der Waals surface area contributed by atoms with Crippen LogP contribution in [0.15, 0.2) is 42.5 Å². The second-order valence-electron chi connectivity index (χ2n) is 5.90. The zero-order valence-electron chi connectivity index (χ0n) is 15.1. The summed E-state index contributed by atoms with van der Waals surface area (Å²) in [5.41, 5.74) is 1.45. The van der Waals surface area contributed by atoms with E-state index >= 15 is 0 Å². The molecule has 2 aromatic rings. The van der Waals surface area contributed by atoms with Crippen molar-refractivity contribution in [3.63, 3.8) is 0 Å². The van der Waals surface area contributed by atoms with Gasteiger partial charge in [0.05, 0.1) is 18.7 Å². The monoisotopic (exact) mass is 370 g/mol. The zero-order chi connectivity index (χ0) is 19.1. The molecule has 0 saturated carbocycles. The first-order chi connectivity index (χ1) is 13.2. The molecule has 2 N–H and O–H groups in total. The van der Waals surface area contributed by atoms with Crippen molar-refractivity contribution >= 4 is 11.8 Å². The number of rotatable bonds is 8. The van der Waals surface area contributed by atoms with Crippen LogP contribution >= 0.6 is 0 Å². The fourth-order valence-corrected chi connectivity index (χ4v) is 2.70. The van der Waals surface area contributed by atoms with Gasteiger partial charge < -0.3 is 24.8 Å². The van der Waals surface area contributed by atoms with Gasteiger partial charge in [-0.2, -0.15) is 0 Å². The highest BCUT2D eigenvalue weighted by Gasteiger charge is 2.14. The number of carbonyl (C=O) groups is 2. The molecule has 3 rings (SSSR count). The number of benzene rings is 2. The van der Waals surface area contributed by atoms with E-state index in [1.54, 1.807) is 24.3 Å². The molecule has 0 spiro atoms. The fourth-order valence-electron chi connectivity index (χ4n) is 2.70. The number of hydrogen-bond acceptors (Lipinski definition) is 5. The summed E-state index contributed by atoms with van der Waals surface area (Å²) in [5.74, 6) is 1.36. The average Bonchev–Trinajstić information content (AvgIpc) is 3.15. The number of amides is 2. The maximum absolute atomic E-state index is 12.3. The fraction of sp³-hybridized carbons (Fsp3) is 0.300. The Morgan fingerprint density at radius 1 is 1.07 bits per heavy atom. The van der Waals surface area contributed by atoms with Crippen LogP contribution in [0.2, 0.25) is 0 Å². The molecule has 1 heterocycles. The lowest BCUT2D eigenvalue weighted by Gasteiger charge is -2.10. The largest absolute Gasteiger partial charge is 0.493 e. The Labute approximate surface area is 157 Å². The van der Waals surface area contributed by atoms with Crippen molar-refractivity contribution in [2.24, 2.45) is 0 Å². The van der Waals surface area contributed by atoms with Crippen molar-refractivity contribution in [1.82, 2.24) is 10.6 Å². The first-order valence-electron chi connectivity index (χ1n) is 8.82.